The first-order valence-corrected chi connectivity index (χ1v) is 20.8. The van der Waals surface area contributed by atoms with Gasteiger partial charge in [-0.2, -0.15) is 31.6 Å². The van der Waals surface area contributed by atoms with Crippen molar-refractivity contribution >= 4 is 23.2 Å². The summed E-state index contributed by atoms with van der Waals surface area (Å²) in [7, 11) is 0. The number of carbonyl (C=O) groups is 2. The number of pyridine rings is 1. The molecule has 9 nitrogen and oxygen atoms in total. The molecule has 2 saturated heterocycles. The van der Waals surface area contributed by atoms with E-state index in [2.05, 4.69) is 17.6 Å². The molecule has 3 aliphatic rings. The monoisotopic (exact) mass is 846 g/mol. The van der Waals surface area contributed by atoms with Gasteiger partial charge in [0.25, 0.3) is 11.8 Å². The van der Waals surface area contributed by atoms with Crippen LogP contribution in [0, 0.1) is 16.7 Å². The van der Waals surface area contributed by atoms with Crippen molar-refractivity contribution in [3.05, 3.63) is 88.1 Å². The second kappa shape index (κ2) is 17.1. The number of rotatable bonds is 13. The van der Waals surface area contributed by atoms with E-state index in [-0.39, 0.29) is 74.8 Å². The smallest absolute Gasteiger partial charge is 0.425 e. The third-order valence-electron chi connectivity index (χ3n) is 12.3. The summed E-state index contributed by atoms with van der Waals surface area (Å²) in [5, 5.41) is 22.1. The molecule has 0 bridgehead atoms. The highest BCUT2D eigenvalue weighted by molar-refractivity contribution is 7.10. The summed E-state index contributed by atoms with van der Waals surface area (Å²) in [6.45, 7) is 7.49. The van der Waals surface area contributed by atoms with E-state index in [0.29, 0.717) is 41.9 Å². The molecule has 3 atom stereocenters. The number of hydrogen-bond acceptors (Lipinski definition) is 8. The van der Waals surface area contributed by atoms with Crippen molar-refractivity contribution < 1.29 is 50.5 Å². The lowest BCUT2D eigenvalue weighted by molar-refractivity contribution is -0.160. The van der Waals surface area contributed by atoms with Crippen LogP contribution in [0.1, 0.15) is 111 Å². The van der Waals surface area contributed by atoms with Gasteiger partial charge < -0.3 is 24.4 Å². The first-order valence-electron chi connectivity index (χ1n) is 19.9. The van der Waals surface area contributed by atoms with Crippen LogP contribution in [-0.4, -0.2) is 69.1 Å². The van der Waals surface area contributed by atoms with Crippen molar-refractivity contribution in [1.82, 2.24) is 14.8 Å². The van der Waals surface area contributed by atoms with Gasteiger partial charge in [0.2, 0.25) is 5.60 Å². The molecule has 2 aromatic heterocycles. The molecule has 0 unspecified atom stereocenters. The second-order valence-corrected chi connectivity index (χ2v) is 16.9. The number of thiophene rings is 1. The normalized spacial score (nSPS) is 22.1. The fraction of sp³-hybridized carbons (Fsp3) is 0.535. The number of amides is 2. The number of nitrogens with zero attached hydrogens (tertiary/aromatic N) is 4. The number of ether oxygens (including phenoxy) is 2. The van der Waals surface area contributed by atoms with Crippen molar-refractivity contribution in [2.24, 2.45) is 5.41 Å². The number of para-hydroxylation sites is 1. The average molecular weight is 847 g/mol. The summed E-state index contributed by atoms with van der Waals surface area (Å²) in [5.74, 6) is -1.26. The van der Waals surface area contributed by atoms with Gasteiger partial charge in [-0.15, -0.1) is 11.3 Å². The van der Waals surface area contributed by atoms with Crippen LogP contribution in [-0.2, 0) is 22.6 Å². The minimum Gasteiger partial charge on any atom is -0.512 e. The van der Waals surface area contributed by atoms with Crippen LogP contribution >= 0.6 is 11.3 Å². The van der Waals surface area contributed by atoms with E-state index in [0.717, 1.165) is 53.9 Å². The molecular formula is C43H48F6N4O5S. The summed E-state index contributed by atoms with van der Waals surface area (Å²) in [6, 6.07) is 11.1. The predicted molar refractivity (Wildman–Crippen MR) is 208 cm³/mol. The number of carbonyl (C=O) groups excluding carboxylic acids is 2. The summed E-state index contributed by atoms with van der Waals surface area (Å²) in [5.41, 5.74) is -4.84. The zero-order valence-corrected chi connectivity index (χ0v) is 33.8. The van der Waals surface area contributed by atoms with Crippen molar-refractivity contribution in [2.45, 2.75) is 120 Å². The van der Waals surface area contributed by atoms with Crippen LogP contribution in [0.5, 0.6) is 11.5 Å². The van der Waals surface area contributed by atoms with Gasteiger partial charge in [-0.05, 0) is 76.5 Å². The number of hydrogen-bond donors (Lipinski definition) is 1. The highest BCUT2D eigenvalue weighted by Crippen LogP contribution is 2.50. The summed E-state index contributed by atoms with van der Waals surface area (Å²) < 4.78 is 96.5. The standard InChI is InChI=1S/C43H48F6N4O5S/c1-4-10-34-41(58-30-25-35(59-26-30)43(47,48)49,17-9-22-53(34)37(55)36-32(42(44,45)46)12-7-21-51-36)38(56)52-23-19-40(27-50,20-24-52)31-11-5-6-13-33(31)57-28(2)14-18-39(29(3)54)15-8-16-39/h5-7,11-13,21,25-26,28,34,54H,3-4,8-10,14-20,22-24H2,1-2H3/t28-,34+,41-/m0/s1. The number of piperidine rings is 2. The highest BCUT2D eigenvalue weighted by atomic mass is 32.1. The van der Waals surface area contributed by atoms with Gasteiger partial charge in [-0.3, -0.25) is 14.6 Å². The zero-order valence-electron chi connectivity index (χ0n) is 33.0. The Morgan fingerprint density at radius 3 is 2.34 bits per heavy atom. The predicted octanol–water partition coefficient (Wildman–Crippen LogP) is 10.3. The third-order valence-corrected chi connectivity index (χ3v) is 13.3. The minimum atomic E-state index is -4.92. The SMILES string of the molecule is C=C(O)C1(CC[C@H](C)Oc2ccccc2C2(C#N)CCN(C(=O)[C@]3(Oc4csc(C(F)(F)F)c4)CCCN(C(=O)c4ncccc4C(F)(F)F)[C@@H]3CCC)CC2)CCC1. The van der Waals surface area contributed by atoms with Crippen LogP contribution in [0.15, 0.2) is 66.4 Å². The maximum atomic E-state index is 15.1. The summed E-state index contributed by atoms with van der Waals surface area (Å²) in [6.07, 6.45) is -3.92. The number of likely N-dealkylation sites (tertiary alicyclic amines) is 2. The van der Waals surface area contributed by atoms with E-state index in [1.165, 1.54) is 4.90 Å². The Morgan fingerprint density at radius 1 is 1.03 bits per heavy atom. The fourth-order valence-electron chi connectivity index (χ4n) is 8.88. The zero-order chi connectivity index (χ0) is 42.8. The van der Waals surface area contributed by atoms with Crippen LogP contribution in [0.3, 0.4) is 0 Å². The Labute approximate surface area is 343 Å². The first kappa shape index (κ1) is 43.8. The Bertz CT molecular complexity index is 2050. The average Bonchev–Trinajstić information content (AvgIpc) is 3.67. The molecule has 2 aliphatic heterocycles. The van der Waals surface area contributed by atoms with Crippen LogP contribution in [0.25, 0.3) is 0 Å². The third kappa shape index (κ3) is 8.76. The number of halogens is 6. The highest BCUT2D eigenvalue weighted by Gasteiger charge is 2.57. The molecule has 16 heteroatoms. The van der Waals surface area contributed by atoms with Gasteiger partial charge >= 0.3 is 12.4 Å². The Hall–Kier alpha value is -4.78. The van der Waals surface area contributed by atoms with E-state index in [1.807, 2.05) is 13.0 Å². The Morgan fingerprint density at radius 2 is 1.75 bits per heavy atom. The maximum Gasteiger partial charge on any atom is 0.425 e. The molecule has 318 valence electrons. The van der Waals surface area contributed by atoms with E-state index in [9.17, 15) is 41.5 Å². The van der Waals surface area contributed by atoms with Crippen molar-refractivity contribution in [3.8, 4) is 17.6 Å². The summed E-state index contributed by atoms with van der Waals surface area (Å²) in [4.78, 5) is 34.7. The van der Waals surface area contributed by atoms with Gasteiger partial charge in [-0.1, -0.05) is 44.5 Å². The van der Waals surface area contributed by atoms with Crippen molar-refractivity contribution in [3.63, 3.8) is 0 Å². The van der Waals surface area contributed by atoms with Crippen LogP contribution < -0.4 is 9.47 Å². The number of aromatic nitrogens is 1. The van der Waals surface area contributed by atoms with E-state index < -0.39 is 57.4 Å². The molecule has 4 heterocycles. The lowest BCUT2D eigenvalue weighted by Crippen LogP contribution is -2.68. The number of benzene rings is 1. The van der Waals surface area contributed by atoms with Gasteiger partial charge in [0.1, 0.15) is 22.1 Å². The maximum absolute atomic E-state index is 15.1. The fourth-order valence-corrected chi connectivity index (χ4v) is 9.56. The Balaban J connectivity index is 1.29. The van der Waals surface area contributed by atoms with Crippen molar-refractivity contribution in [1.29, 1.82) is 5.26 Å². The second-order valence-electron chi connectivity index (χ2n) is 16.0. The van der Waals surface area contributed by atoms with E-state index in [4.69, 9.17) is 9.47 Å². The molecule has 1 N–H and O–H groups in total. The van der Waals surface area contributed by atoms with Gasteiger partial charge in [0.15, 0.2) is 0 Å². The molecule has 1 aliphatic carbocycles. The van der Waals surface area contributed by atoms with Gasteiger partial charge in [0, 0.05) is 54.7 Å². The van der Waals surface area contributed by atoms with Crippen LogP contribution in [0.2, 0.25) is 0 Å². The molecule has 0 spiro atoms. The Kier molecular flexibility index (Phi) is 12.7. The number of allylic oxidation sites excluding steroid dienone is 1. The molecular weight excluding hydrogens is 799 g/mol. The number of alkyl halides is 6. The van der Waals surface area contributed by atoms with Crippen molar-refractivity contribution in [2.75, 3.05) is 19.6 Å². The van der Waals surface area contributed by atoms with E-state index in [1.54, 1.807) is 25.1 Å². The molecule has 3 fully saturated rings. The molecule has 2 amide bonds. The number of aliphatic hydroxyl groups is 1. The molecule has 0 radical (unpaired) electrons. The largest absolute Gasteiger partial charge is 0.512 e. The minimum absolute atomic E-state index is 0.0330. The first-order chi connectivity index (χ1) is 27.9. The number of nitriles is 1. The molecule has 3 aromatic rings. The van der Waals surface area contributed by atoms with E-state index >= 15 is 4.79 Å². The summed E-state index contributed by atoms with van der Waals surface area (Å²) >= 11 is 0.376. The van der Waals surface area contributed by atoms with Gasteiger partial charge in [-0.25, -0.2) is 0 Å². The van der Waals surface area contributed by atoms with Crippen LogP contribution in [0.4, 0.5) is 26.3 Å². The topological polar surface area (TPSA) is 116 Å². The lowest BCUT2D eigenvalue weighted by Gasteiger charge is -2.51. The molecule has 59 heavy (non-hydrogen) atoms. The molecule has 6 rings (SSSR count). The number of aliphatic hydroxyl groups excluding tert-OH is 1. The quantitative estimate of drug-likeness (QED) is 0.135. The molecule has 1 aromatic carbocycles. The lowest BCUT2D eigenvalue weighted by atomic mass is 9.65. The molecule has 1 saturated carbocycles. The van der Waals surface area contributed by atoms with Gasteiger partial charge in [0.05, 0.1) is 35.0 Å².